The van der Waals surface area contributed by atoms with Crippen molar-refractivity contribution in [1.29, 1.82) is 0 Å². The molecular formula is C15H17N5NaO3P. The molecule has 10 heteroatoms. The Morgan fingerprint density at radius 1 is 1.24 bits per heavy atom. The molecule has 0 aliphatic rings. The van der Waals surface area contributed by atoms with Gasteiger partial charge in [-0.1, -0.05) is 30.3 Å². The van der Waals surface area contributed by atoms with E-state index in [0.717, 1.165) is 0 Å². The first-order chi connectivity index (χ1) is 11.5. The van der Waals surface area contributed by atoms with Crippen molar-refractivity contribution in [2.45, 2.75) is 25.0 Å². The zero-order valence-electron chi connectivity index (χ0n) is 13.8. The normalized spacial score (nSPS) is 14.6. The Labute approximate surface area is 167 Å². The van der Waals surface area contributed by atoms with Crippen molar-refractivity contribution in [2.75, 3.05) is 5.73 Å². The third-order valence-electron chi connectivity index (χ3n) is 3.88. The molecule has 0 radical (unpaired) electrons. The Morgan fingerprint density at radius 3 is 2.64 bits per heavy atom. The first-order valence-electron chi connectivity index (χ1n) is 7.46. The fourth-order valence-corrected chi connectivity index (χ4v) is 3.77. The third kappa shape index (κ3) is 4.67. The Bertz CT molecular complexity index is 883. The van der Waals surface area contributed by atoms with Gasteiger partial charge in [-0.25, -0.2) is 15.0 Å². The van der Waals surface area contributed by atoms with Crippen LogP contribution in [0.15, 0.2) is 43.0 Å². The molecule has 0 aliphatic heterocycles. The molecule has 0 amide bonds. The molecule has 2 heterocycles. The van der Waals surface area contributed by atoms with Crippen LogP contribution in [0.25, 0.3) is 11.2 Å². The largest absolute Gasteiger partial charge is 1.00 e. The molecule has 0 bridgehead atoms. The van der Waals surface area contributed by atoms with Gasteiger partial charge in [-0.3, -0.25) is 0 Å². The fourth-order valence-electron chi connectivity index (χ4n) is 2.71. The van der Waals surface area contributed by atoms with E-state index in [4.69, 9.17) is 5.73 Å². The zero-order chi connectivity index (χ0) is 17.2. The van der Waals surface area contributed by atoms with Gasteiger partial charge in [0.15, 0.2) is 11.5 Å². The summed E-state index contributed by atoms with van der Waals surface area (Å²) in [6.45, 7) is 0.510. The molecule has 8 nitrogen and oxygen atoms in total. The second kappa shape index (κ2) is 8.40. The molecule has 2 unspecified atom stereocenters. The standard InChI is InChI=1S/C15H18N5O3P.Na/c16-14-13-15(18-9-17-14)20(10-19-13)8-4-7-12(24(21,22)23)11-5-2-1-3-6-11;/h1-3,5-6,9-10,12H,4,7-8H2,(H2,16,17,18)(H2,21,22,23);/q;+1/p-1. The SMILES string of the molecule is Nc1ncnc2c1ncn2CCCC(c1ccccc1)P(=O)([O-])O.[Na+]. The number of fused-ring (bicyclic) bond motifs is 1. The van der Waals surface area contributed by atoms with Crippen LogP contribution in [0.3, 0.4) is 0 Å². The maximum absolute atomic E-state index is 11.7. The Kier molecular flexibility index (Phi) is 6.73. The second-order valence-electron chi connectivity index (χ2n) is 5.50. The quantitative estimate of drug-likeness (QED) is 0.399. The third-order valence-corrected chi connectivity index (χ3v) is 5.23. The molecule has 2 atom stereocenters. The average Bonchev–Trinajstić information content (AvgIpc) is 2.96. The zero-order valence-corrected chi connectivity index (χ0v) is 16.7. The van der Waals surface area contributed by atoms with Crippen LogP contribution >= 0.6 is 7.60 Å². The topological polar surface area (TPSA) is 130 Å². The summed E-state index contributed by atoms with van der Waals surface area (Å²) in [6, 6.07) is 8.70. The molecule has 3 rings (SSSR count). The number of rotatable bonds is 6. The van der Waals surface area contributed by atoms with Gasteiger partial charge in [-0.2, -0.15) is 0 Å². The van der Waals surface area contributed by atoms with Crippen molar-refractivity contribution >= 4 is 24.6 Å². The monoisotopic (exact) mass is 369 g/mol. The van der Waals surface area contributed by atoms with Gasteiger partial charge in [0.2, 0.25) is 0 Å². The predicted molar refractivity (Wildman–Crippen MR) is 88.0 cm³/mol. The first kappa shape index (κ1) is 20.0. The summed E-state index contributed by atoms with van der Waals surface area (Å²) < 4.78 is 13.5. The van der Waals surface area contributed by atoms with Crippen LogP contribution in [0, 0.1) is 0 Å². The summed E-state index contributed by atoms with van der Waals surface area (Å²) in [7, 11) is -4.48. The number of imidazole rings is 1. The van der Waals surface area contributed by atoms with E-state index in [0.29, 0.717) is 41.9 Å². The van der Waals surface area contributed by atoms with Crippen LogP contribution in [0.5, 0.6) is 0 Å². The number of aryl methyl sites for hydroxylation is 1. The van der Waals surface area contributed by atoms with Gasteiger partial charge in [-0.05, 0) is 18.4 Å². The van der Waals surface area contributed by atoms with Gasteiger partial charge in [-0.15, -0.1) is 0 Å². The molecule has 3 aromatic rings. The van der Waals surface area contributed by atoms with Gasteiger partial charge >= 0.3 is 29.6 Å². The molecule has 0 spiro atoms. The second-order valence-corrected chi connectivity index (χ2v) is 7.25. The Hall–Kier alpha value is -1.28. The smallest absolute Gasteiger partial charge is 0.778 e. The molecule has 0 aliphatic carbocycles. The fraction of sp³-hybridized carbons (Fsp3) is 0.267. The minimum Gasteiger partial charge on any atom is -0.778 e. The number of benzene rings is 1. The molecule has 0 saturated heterocycles. The number of anilines is 1. The van der Waals surface area contributed by atoms with Gasteiger partial charge in [0.1, 0.15) is 19.4 Å². The van der Waals surface area contributed by atoms with Crippen molar-refractivity contribution in [2.24, 2.45) is 0 Å². The van der Waals surface area contributed by atoms with E-state index >= 15 is 0 Å². The molecule has 2 aromatic heterocycles. The summed E-state index contributed by atoms with van der Waals surface area (Å²) in [6.07, 6.45) is 3.79. The van der Waals surface area contributed by atoms with E-state index in [1.807, 2.05) is 0 Å². The molecule has 1 aromatic carbocycles. The molecular weight excluding hydrogens is 352 g/mol. The van der Waals surface area contributed by atoms with E-state index in [-0.39, 0.29) is 29.6 Å². The van der Waals surface area contributed by atoms with Crippen LogP contribution in [-0.4, -0.2) is 24.4 Å². The number of nitrogen functional groups attached to an aromatic ring is 1. The van der Waals surface area contributed by atoms with Crippen molar-refractivity contribution in [3.63, 3.8) is 0 Å². The van der Waals surface area contributed by atoms with E-state index < -0.39 is 13.3 Å². The summed E-state index contributed by atoms with van der Waals surface area (Å²) >= 11 is 0. The number of aromatic nitrogens is 4. The van der Waals surface area contributed by atoms with Crippen molar-refractivity contribution < 1.29 is 43.9 Å². The molecule has 0 saturated carbocycles. The molecule has 126 valence electrons. The van der Waals surface area contributed by atoms with Crippen LogP contribution < -0.4 is 40.2 Å². The minimum absolute atomic E-state index is 0. The van der Waals surface area contributed by atoms with Crippen LogP contribution in [-0.2, 0) is 11.1 Å². The van der Waals surface area contributed by atoms with E-state index in [1.165, 1.54) is 6.33 Å². The van der Waals surface area contributed by atoms with E-state index in [9.17, 15) is 14.4 Å². The van der Waals surface area contributed by atoms with Crippen LogP contribution in [0.2, 0.25) is 0 Å². The number of hydrogen-bond acceptors (Lipinski definition) is 6. The molecule has 0 fully saturated rings. The van der Waals surface area contributed by atoms with Gasteiger partial charge in [0, 0.05) is 12.2 Å². The Morgan fingerprint density at radius 2 is 1.96 bits per heavy atom. The predicted octanol–water partition coefficient (Wildman–Crippen LogP) is -1.52. The minimum atomic E-state index is -4.48. The summed E-state index contributed by atoms with van der Waals surface area (Å²) in [5.74, 6) is 0.306. The Balaban J connectivity index is 0.00000225. The van der Waals surface area contributed by atoms with Crippen LogP contribution in [0.1, 0.15) is 24.1 Å². The molecule has 25 heavy (non-hydrogen) atoms. The maximum atomic E-state index is 11.7. The summed E-state index contributed by atoms with van der Waals surface area (Å²) in [5.41, 5.74) is 6.53. The van der Waals surface area contributed by atoms with E-state index in [2.05, 4.69) is 15.0 Å². The molecule has 3 N–H and O–H groups in total. The van der Waals surface area contributed by atoms with Crippen molar-refractivity contribution in [3.05, 3.63) is 48.5 Å². The first-order valence-corrected chi connectivity index (χ1v) is 9.11. The average molecular weight is 369 g/mol. The van der Waals surface area contributed by atoms with E-state index in [1.54, 1.807) is 41.2 Å². The number of hydrogen-bond donors (Lipinski definition) is 2. The number of nitrogens with zero attached hydrogens (tertiary/aromatic N) is 4. The van der Waals surface area contributed by atoms with Gasteiger partial charge in [0.25, 0.3) is 0 Å². The maximum Gasteiger partial charge on any atom is 1.00 e. The van der Waals surface area contributed by atoms with Gasteiger partial charge < -0.3 is 24.7 Å². The number of nitrogens with two attached hydrogens (primary N) is 1. The van der Waals surface area contributed by atoms with Crippen LogP contribution in [0.4, 0.5) is 5.82 Å². The van der Waals surface area contributed by atoms with Gasteiger partial charge in [0.05, 0.1) is 6.33 Å². The van der Waals surface area contributed by atoms with Crippen molar-refractivity contribution in [1.82, 2.24) is 19.5 Å². The van der Waals surface area contributed by atoms with Crippen molar-refractivity contribution in [3.8, 4) is 0 Å². The summed E-state index contributed by atoms with van der Waals surface area (Å²) in [5, 5.41) is 0. The summed E-state index contributed by atoms with van der Waals surface area (Å²) in [4.78, 5) is 33.4.